The Bertz CT molecular complexity index is 575. The van der Waals surface area contributed by atoms with Gasteiger partial charge >= 0.3 is 0 Å². The van der Waals surface area contributed by atoms with Crippen LogP contribution >= 0.6 is 0 Å². The topological polar surface area (TPSA) is 63.9 Å². The fourth-order valence-electron chi connectivity index (χ4n) is 2.00. The summed E-state index contributed by atoms with van der Waals surface area (Å²) in [5.74, 6) is 2.00. The Morgan fingerprint density at radius 2 is 2.00 bits per heavy atom. The Balaban J connectivity index is 2.46. The van der Waals surface area contributed by atoms with Gasteiger partial charge in [0.2, 0.25) is 0 Å². The summed E-state index contributed by atoms with van der Waals surface area (Å²) in [4.78, 5) is 7.73. The Hall–Kier alpha value is -1.81. The highest BCUT2D eigenvalue weighted by molar-refractivity contribution is 5.68. The van der Waals surface area contributed by atoms with Crippen LogP contribution in [0.1, 0.15) is 29.8 Å². The molecule has 0 aliphatic rings. The average molecular weight is 259 g/mol. The maximum atomic E-state index is 5.67. The van der Waals surface area contributed by atoms with Crippen LogP contribution in [0.3, 0.4) is 0 Å². The minimum atomic E-state index is 0.228. The number of ether oxygens (including phenoxy) is 1. The molecule has 1 aromatic carbocycles. The molecule has 1 unspecified atom stereocenters. The van der Waals surface area contributed by atoms with Crippen LogP contribution < -0.4 is 10.5 Å². The van der Waals surface area contributed by atoms with Crippen LogP contribution in [0.25, 0.3) is 11.3 Å². The molecular weight excluding hydrogens is 238 g/mol. The van der Waals surface area contributed by atoms with Gasteiger partial charge in [-0.05, 0) is 37.1 Å². The molecule has 0 radical (unpaired) electrons. The number of rotatable bonds is 4. The van der Waals surface area contributed by atoms with Crippen molar-refractivity contribution in [2.75, 3.05) is 13.7 Å². The predicted molar refractivity (Wildman–Crippen MR) is 77.5 cm³/mol. The third-order valence-electron chi connectivity index (χ3n) is 3.52. The largest absolute Gasteiger partial charge is 0.496 e. The number of methoxy groups -OCH3 is 1. The van der Waals surface area contributed by atoms with E-state index in [0.29, 0.717) is 6.54 Å². The van der Waals surface area contributed by atoms with Gasteiger partial charge in [-0.2, -0.15) is 0 Å². The molecule has 1 heterocycles. The standard InChI is InChI=1S/C15H21N3O/c1-9-5-12(14(19-4)6-10(9)2)13-8-17-15(18-13)11(3)7-16/h5-6,8,11H,7,16H2,1-4H3,(H,17,18). The summed E-state index contributed by atoms with van der Waals surface area (Å²) in [6.07, 6.45) is 1.84. The van der Waals surface area contributed by atoms with E-state index in [9.17, 15) is 0 Å². The smallest absolute Gasteiger partial charge is 0.128 e. The van der Waals surface area contributed by atoms with Crippen LogP contribution in [0.2, 0.25) is 0 Å². The molecule has 1 aromatic heterocycles. The van der Waals surface area contributed by atoms with Crippen LogP contribution in [0.15, 0.2) is 18.3 Å². The van der Waals surface area contributed by atoms with Crippen molar-refractivity contribution < 1.29 is 4.74 Å². The van der Waals surface area contributed by atoms with Crippen molar-refractivity contribution in [1.29, 1.82) is 0 Å². The highest BCUT2D eigenvalue weighted by Crippen LogP contribution is 2.32. The Morgan fingerprint density at radius 3 is 2.63 bits per heavy atom. The third-order valence-corrected chi connectivity index (χ3v) is 3.52. The monoisotopic (exact) mass is 259 g/mol. The number of benzene rings is 1. The number of nitrogens with two attached hydrogens (primary N) is 1. The Labute approximate surface area is 114 Å². The van der Waals surface area contributed by atoms with Gasteiger partial charge in [-0.3, -0.25) is 0 Å². The van der Waals surface area contributed by atoms with Gasteiger partial charge in [0.1, 0.15) is 11.6 Å². The number of aromatic amines is 1. The van der Waals surface area contributed by atoms with Gasteiger partial charge < -0.3 is 15.5 Å². The second-order valence-electron chi connectivity index (χ2n) is 4.96. The molecule has 0 amide bonds. The SMILES string of the molecule is COc1cc(C)c(C)cc1-c1cnc(C(C)CN)[nH]1. The van der Waals surface area contributed by atoms with Crippen molar-refractivity contribution in [3.8, 4) is 17.0 Å². The molecule has 0 saturated carbocycles. The van der Waals surface area contributed by atoms with Gasteiger partial charge in [0.05, 0.1) is 19.0 Å². The zero-order valence-corrected chi connectivity index (χ0v) is 11.9. The third kappa shape index (κ3) is 2.63. The molecule has 0 bridgehead atoms. The first-order chi connectivity index (χ1) is 9.06. The number of H-pyrrole nitrogens is 1. The van der Waals surface area contributed by atoms with E-state index in [-0.39, 0.29) is 5.92 Å². The number of hydrogen-bond donors (Lipinski definition) is 2. The fraction of sp³-hybridized carbons (Fsp3) is 0.400. The van der Waals surface area contributed by atoms with Gasteiger partial charge in [-0.25, -0.2) is 4.98 Å². The van der Waals surface area contributed by atoms with E-state index in [1.807, 2.05) is 6.20 Å². The number of nitrogens with zero attached hydrogens (tertiary/aromatic N) is 1. The molecule has 3 N–H and O–H groups in total. The highest BCUT2D eigenvalue weighted by atomic mass is 16.5. The lowest BCUT2D eigenvalue weighted by Gasteiger charge is -2.10. The zero-order chi connectivity index (χ0) is 14.0. The second kappa shape index (κ2) is 5.45. The Morgan fingerprint density at radius 1 is 1.32 bits per heavy atom. The van der Waals surface area contributed by atoms with Gasteiger partial charge in [0.25, 0.3) is 0 Å². The van der Waals surface area contributed by atoms with Crippen LogP contribution in [0.5, 0.6) is 5.75 Å². The van der Waals surface area contributed by atoms with Crippen LogP contribution in [0.4, 0.5) is 0 Å². The molecule has 0 saturated heterocycles. The van der Waals surface area contributed by atoms with Crippen LogP contribution in [0, 0.1) is 13.8 Å². The van der Waals surface area contributed by atoms with Gasteiger partial charge in [-0.15, -0.1) is 0 Å². The zero-order valence-electron chi connectivity index (χ0n) is 11.9. The number of aromatic nitrogens is 2. The summed E-state index contributed by atoms with van der Waals surface area (Å²) < 4.78 is 5.46. The van der Waals surface area contributed by atoms with Gasteiger partial charge in [0, 0.05) is 18.0 Å². The second-order valence-corrected chi connectivity index (χ2v) is 4.96. The molecule has 0 aliphatic carbocycles. The van der Waals surface area contributed by atoms with Crippen LogP contribution in [-0.4, -0.2) is 23.6 Å². The molecule has 102 valence electrons. The number of nitrogens with one attached hydrogen (secondary N) is 1. The van der Waals surface area contributed by atoms with Crippen molar-refractivity contribution in [2.24, 2.45) is 5.73 Å². The van der Waals surface area contributed by atoms with Crippen molar-refractivity contribution in [3.05, 3.63) is 35.3 Å². The lowest BCUT2D eigenvalue weighted by Crippen LogP contribution is -2.10. The average Bonchev–Trinajstić information content (AvgIpc) is 2.90. The summed E-state index contributed by atoms with van der Waals surface area (Å²) in [6, 6.07) is 4.18. The lowest BCUT2D eigenvalue weighted by molar-refractivity contribution is 0.416. The Kier molecular flexibility index (Phi) is 3.90. The minimum Gasteiger partial charge on any atom is -0.496 e. The van der Waals surface area contributed by atoms with Crippen molar-refractivity contribution in [1.82, 2.24) is 9.97 Å². The summed E-state index contributed by atoms with van der Waals surface area (Å²) in [5, 5.41) is 0. The minimum absolute atomic E-state index is 0.228. The molecule has 1 atom stereocenters. The maximum absolute atomic E-state index is 5.67. The molecule has 4 heteroatoms. The summed E-state index contributed by atoms with van der Waals surface area (Å²) in [5.41, 5.74) is 10.1. The quantitative estimate of drug-likeness (QED) is 0.887. The lowest BCUT2D eigenvalue weighted by atomic mass is 10.0. The summed E-state index contributed by atoms with van der Waals surface area (Å²) >= 11 is 0. The molecule has 0 aliphatic heterocycles. The number of aryl methyl sites for hydroxylation is 2. The molecular formula is C15H21N3O. The van der Waals surface area contributed by atoms with Crippen LogP contribution in [-0.2, 0) is 0 Å². The van der Waals surface area contributed by atoms with E-state index >= 15 is 0 Å². The van der Waals surface area contributed by atoms with E-state index in [1.54, 1.807) is 7.11 Å². The van der Waals surface area contributed by atoms with E-state index < -0.39 is 0 Å². The molecule has 2 rings (SSSR count). The summed E-state index contributed by atoms with van der Waals surface area (Å²) in [6.45, 7) is 6.81. The normalized spacial score (nSPS) is 12.5. The first-order valence-corrected chi connectivity index (χ1v) is 6.47. The van der Waals surface area contributed by atoms with E-state index in [4.69, 9.17) is 10.5 Å². The number of imidazole rings is 1. The van der Waals surface area contributed by atoms with E-state index in [2.05, 4.69) is 42.9 Å². The molecule has 0 spiro atoms. The molecule has 4 nitrogen and oxygen atoms in total. The van der Waals surface area contributed by atoms with E-state index in [1.165, 1.54) is 11.1 Å². The van der Waals surface area contributed by atoms with Crippen molar-refractivity contribution in [3.63, 3.8) is 0 Å². The summed E-state index contributed by atoms with van der Waals surface area (Å²) in [7, 11) is 1.69. The highest BCUT2D eigenvalue weighted by Gasteiger charge is 2.13. The van der Waals surface area contributed by atoms with Crippen molar-refractivity contribution >= 4 is 0 Å². The van der Waals surface area contributed by atoms with Gasteiger partial charge in [-0.1, -0.05) is 6.92 Å². The molecule has 2 aromatic rings. The first kappa shape index (κ1) is 13.6. The maximum Gasteiger partial charge on any atom is 0.128 e. The van der Waals surface area contributed by atoms with Gasteiger partial charge in [0.15, 0.2) is 0 Å². The predicted octanol–water partition coefficient (Wildman–Crippen LogP) is 2.76. The van der Waals surface area contributed by atoms with E-state index in [0.717, 1.165) is 22.8 Å². The first-order valence-electron chi connectivity index (χ1n) is 6.47. The van der Waals surface area contributed by atoms with Crippen molar-refractivity contribution in [2.45, 2.75) is 26.7 Å². The number of hydrogen-bond acceptors (Lipinski definition) is 3. The molecule has 0 fully saturated rings. The fourth-order valence-corrected chi connectivity index (χ4v) is 2.00. The molecule has 19 heavy (non-hydrogen) atoms.